The van der Waals surface area contributed by atoms with Crippen LogP contribution in [0.3, 0.4) is 0 Å². The Hall–Kier alpha value is -0.350. The standard InChI is InChI=1S/C12H23NO2S/c1-10(2)5-4-6-11(3)13-12-7-8-16(14,15)9-12/h5,11-13H,4,6-9H2,1-3H3. The van der Waals surface area contributed by atoms with Crippen molar-refractivity contribution in [2.75, 3.05) is 11.5 Å². The van der Waals surface area contributed by atoms with Crippen LogP contribution < -0.4 is 5.32 Å². The maximum Gasteiger partial charge on any atom is 0.151 e. The second-order valence-corrected chi connectivity index (χ2v) is 7.26. The van der Waals surface area contributed by atoms with Gasteiger partial charge in [0.1, 0.15) is 0 Å². The Bertz CT molecular complexity index is 342. The number of rotatable bonds is 5. The molecule has 1 saturated heterocycles. The lowest BCUT2D eigenvalue weighted by molar-refractivity contribution is 0.452. The van der Waals surface area contributed by atoms with Crippen LogP contribution in [0.25, 0.3) is 0 Å². The van der Waals surface area contributed by atoms with E-state index in [1.54, 1.807) is 0 Å². The summed E-state index contributed by atoms with van der Waals surface area (Å²) in [6.45, 7) is 6.33. The first kappa shape index (κ1) is 13.7. The molecular weight excluding hydrogens is 222 g/mol. The molecule has 1 rings (SSSR count). The highest BCUT2D eigenvalue weighted by molar-refractivity contribution is 7.91. The van der Waals surface area contributed by atoms with Gasteiger partial charge in [0.15, 0.2) is 9.84 Å². The highest BCUT2D eigenvalue weighted by Gasteiger charge is 2.28. The van der Waals surface area contributed by atoms with E-state index in [9.17, 15) is 8.42 Å². The summed E-state index contributed by atoms with van der Waals surface area (Å²) in [6.07, 6.45) is 5.14. The van der Waals surface area contributed by atoms with Crippen molar-refractivity contribution in [3.8, 4) is 0 Å². The van der Waals surface area contributed by atoms with Crippen molar-refractivity contribution < 1.29 is 8.42 Å². The van der Waals surface area contributed by atoms with Gasteiger partial charge in [-0.2, -0.15) is 0 Å². The summed E-state index contributed by atoms with van der Waals surface area (Å²) < 4.78 is 22.6. The largest absolute Gasteiger partial charge is 0.310 e. The number of allylic oxidation sites excluding steroid dienone is 2. The molecule has 0 bridgehead atoms. The van der Waals surface area contributed by atoms with E-state index in [2.05, 4.69) is 32.2 Å². The van der Waals surface area contributed by atoms with Crippen molar-refractivity contribution in [2.24, 2.45) is 0 Å². The minimum Gasteiger partial charge on any atom is -0.310 e. The second-order valence-electron chi connectivity index (χ2n) is 5.03. The van der Waals surface area contributed by atoms with Gasteiger partial charge in [-0.15, -0.1) is 0 Å². The predicted molar refractivity (Wildman–Crippen MR) is 68.3 cm³/mol. The maximum absolute atomic E-state index is 11.3. The number of hydrogen-bond donors (Lipinski definition) is 1. The van der Waals surface area contributed by atoms with Gasteiger partial charge in [0, 0.05) is 12.1 Å². The van der Waals surface area contributed by atoms with Gasteiger partial charge in [0.2, 0.25) is 0 Å². The van der Waals surface area contributed by atoms with Gasteiger partial charge in [-0.3, -0.25) is 0 Å². The molecule has 0 saturated carbocycles. The monoisotopic (exact) mass is 245 g/mol. The maximum atomic E-state index is 11.3. The van der Waals surface area contributed by atoms with Crippen molar-refractivity contribution in [2.45, 2.75) is 52.1 Å². The van der Waals surface area contributed by atoms with Crippen LogP contribution in [0.5, 0.6) is 0 Å². The van der Waals surface area contributed by atoms with Crippen LogP contribution in [0.4, 0.5) is 0 Å². The Morgan fingerprint density at radius 1 is 1.50 bits per heavy atom. The molecule has 1 fully saturated rings. The van der Waals surface area contributed by atoms with E-state index in [4.69, 9.17) is 0 Å². The average Bonchev–Trinajstić information content (AvgIpc) is 2.44. The first-order valence-corrected chi connectivity index (χ1v) is 7.81. The zero-order chi connectivity index (χ0) is 12.2. The van der Waals surface area contributed by atoms with E-state index < -0.39 is 9.84 Å². The van der Waals surface area contributed by atoms with Gasteiger partial charge in [-0.05, 0) is 40.0 Å². The molecule has 4 heteroatoms. The molecule has 3 nitrogen and oxygen atoms in total. The smallest absolute Gasteiger partial charge is 0.151 e. The summed E-state index contributed by atoms with van der Waals surface area (Å²) in [5.74, 6) is 0.672. The third kappa shape index (κ3) is 5.12. The Morgan fingerprint density at radius 2 is 2.19 bits per heavy atom. The van der Waals surface area contributed by atoms with Crippen LogP contribution >= 0.6 is 0 Å². The summed E-state index contributed by atoms with van der Waals surface area (Å²) in [5, 5.41) is 3.40. The van der Waals surface area contributed by atoms with Gasteiger partial charge < -0.3 is 5.32 Å². The van der Waals surface area contributed by atoms with E-state index in [1.165, 1.54) is 5.57 Å². The van der Waals surface area contributed by atoms with Crippen molar-refractivity contribution in [3.05, 3.63) is 11.6 Å². The molecule has 2 atom stereocenters. The van der Waals surface area contributed by atoms with E-state index >= 15 is 0 Å². The molecule has 0 amide bonds. The van der Waals surface area contributed by atoms with E-state index in [0.717, 1.165) is 19.3 Å². The van der Waals surface area contributed by atoms with Crippen LogP contribution in [0.15, 0.2) is 11.6 Å². The average molecular weight is 245 g/mol. The Balaban J connectivity index is 2.25. The molecule has 0 spiro atoms. The molecule has 2 unspecified atom stereocenters. The quantitative estimate of drug-likeness (QED) is 0.753. The van der Waals surface area contributed by atoms with Crippen molar-refractivity contribution in [3.63, 3.8) is 0 Å². The lowest BCUT2D eigenvalue weighted by Crippen LogP contribution is -2.37. The van der Waals surface area contributed by atoms with Crippen LogP contribution in [0.2, 0.25) is 0 Å². The highest BCUT2D eigenvalue weighted by Crippen LogP contribution is 2.13. The Labute approximate surface area is 99.2 Å². The lowest BCUT2D eigenvalue weighted by atomic mass is 10.1. The zero-order valence-electron chi connectivity index (χ0n) is 10.5. The fourth-order valence-electron chi connectivity index (χ4n) is 2.03. The minimum absolute atomic E-state index is 0.173. The van der Waals surface area contributed by atoms with Gasteiger partial charge in [0.05, 0.1) is 11.5 Å². The van der Waals surface area contributed by atoms with Gasteiger partial charge >= 0.3 is 0 Å². The number of hydrogen-bond acceptors (Lipinski definition) is 3. The highest BCUT2D eigenvalue weighted by atomic mass is 32.2. The third-order valence-corrected chi connectivity index (χ3v) is 4.67. The van der Waals surface area contributed by atoms with Crippen LogP contribution in [0.1, 0.15) is 40.0 Å². The predicted octanol–water partition coefficient (Wildman–Crippen LogP) is 1.90. The summed E-state index contributed by atoms with van der Waals surface area (Å²) in [4.78, 5) is 0. The third-order valence-electron chi connectivity index (χ3n) is 2.90. The topological polar surface area (TPSA) is 46.2 Å². The summed E-state index contributed by atoms with van der Waals surface area (Å²) >= 11 is 0. The molecule has 1 N–H and O–H groups in total. The summed E-state index contributed by atoms with van der Waals surface area (Å²) in [7, 11) is -2.75. The first-order valence-electron chi connectivity index (χ1n) is 5.99. The second kappa shape index (κ2) is 5.82. The molecule has 0 aromatic heterocycles. The van der Waals surface area contributed by atoms with Gasteiger partial charge in [-0.25, -0.2) is 8.42 Å². The van der Waals surface area contributed by atoms with Crippen LogP contribution in [-0.2, 0) is 9.84 Å². The van der Waals surface area contributed by atoms with Crippen molar-refractivity contribution >= 4 is 9.84 Å². The summed E-state index contributed by atoms with van der Waals surface area (Å²) in [6, 6.07) is 0.570. The number of sulfone groups is 1. The normalized spacial score (nSPS) is 25.3. The molecule has 1 aliphatic rings. The minimum atomic E-state index is -2.75. The van der Waals surface area contributed by atoms with E-state index in [-0.39, 0.29) is 6.04 Å². The Morgan fingerprint density at radius 3 is 2.69 bits per heavy atom. The molecule has 0 aliphatic carbocycles. The zero-order valence-corrected chi connectivity index (χ0v) is 11.3. The molecule has 0 aromatic rings. The molecule has 94 valence electrons. The van der Waals surface area contributed by atoms with E-state index in [0.29, 0.717) is 17.5 Å². The molecule has 0 radical (unpaired) electrons. The van der Waals surface area contributed by atoms with Crippen molar-refractivity contribution in [1.29, 1.82) is 0 Å². The molecule has 1 heterocycles. The van der Waals surface area contributed by atoms with Crippen LogP contribution in [0, 0.1) is 0 Å². The molecule has 16 heavy (non-hydrogen) atoms. The van der Waals surface area contributed by atoms with Gasteiger partial charge in [-0.1, -0.05) is 11.6 Å². The Kier molecular flexibility index (Phi) is 4.99. The fourth-order valence-corrected chi connectivity index (χ4v) is 3.72. The van der Waals surface area contributed by atoms with E-state index in [1.807, 2.05) is 0 Å². The summed E-state index contributed by atoms with van der Waals surface area (Å²) in [5.41, 5.74) is 1.34. The number of nitrogens with one attached hydrogen (secondary N) is 1. The van der Waals surface area contributed by atoms with Crippen LogP contribution in [-0.4, -0.2) is 32.0 Å². The molecule has 0 aromatic carbocycles. The molecular formula is C12H23NO2S. The fraction of sp³-hybridized carbons (Fsp3) is 0.833. The van der Waals surface area contributed by atoms with Gasteiger partial charge in [0.25, 0.3) is 0 Å². The lowest BCUT2D eigenvalue weighted by Gasteiger charge is -2.17. The first-order chi connectivity index (χ1) is 7.39. The van der Waals surface area contributed by atoms with Crippen molar-refractivity contribution in [1.82, 2.24) is 5.32 Å². The molecule has 1 aliphatic heterocycles. The SMILES string of the molecule is CC(C)=CCCC(C)NC1CCS(=O)(=O)C1.